The van der Waals surface area contributed by atoms with Crippen LogP contribution in [0.25, 0.3) is 11.1 Å². The molecular weight excluding hydrogens is 326 g/mol. The summed E-state index contributed by atoms with van der Waals surface area (Å²) in [6.45, 7) is 0.277. The standard InChI is InChI=1S/C22H23NO3/c1-25-22-5-3-2-4-21(22)18-7-10-20(11-8-18)26-16-19(24)9-6-17-12-14-23-15-13-17/h2-5,7-8,10-15,19,24H,6,9,16H2,1H3. The second-order valence-corrected chi connectivity index (χ2v) is 6.08. The highest BCUT2D eigenvalue weighted by Gasteiger charge is 2.08. The number of para-hydroxylation sites is 1. The number of nitrogens with zero attached hydrogens (tertiary/aromatic N) is 1. The number of rotatable bonds is 8. The van der Waals surface area contributed by atoms with Gasteiger partial charge in [0.25, 0.3) is 0 Å². The van der Waals surface area contributed by atoms with Crippen LogP contribution < -0.4 is 9.47 Å². The summed E-state index contributed by atoms with van der Waals surface area (Å²) in [4.78, 5) is 3.99. The summed E-state index contributed by atoms with van der Waals surface area (Å²) in [5.74, 6) is 1.58. The molecule has 4 nitrogen and oxygen atoms in total. The molecule has 0 amide bonds. The molecule has 1 heterocycles. The van der Waals surface area contributed by atoms with Crippen LogP contribution in [0.5, 0.6) is 11.5 Å². The number of aromatic nitrogens is 1. The van der Waals surface area contributed by atoms with Crippen LogP contribution >= 0.6 is 0 Å². The van der Waals surface area contributed by atoms with Gasteiger partial charge in [-0.15, -0.1) is 0 Å². The minimum Gasteiger partial charge on any atom is -0.496 e. The van der Waals surface area contributed by atoms with Gasteiger partial charge in [0.05, 0.1) is 13.2 Å². The van der Waals surface area contributed by atoms with Crippen molar-refractivity contribution in [2.75, 3.05) is 13.7 Å². The topological polar surface area (TPSA) is 51.6 Å². The zero-order valence-electron chi connectivity index (χ0n) is 14.8. The zero-order chi connectivity index (χ0) is 18.2. The summed E-state index contributed by atoms with van der Waals surface area (Å²) in [7, 11) is 1.67. The van der Waals surface area contributed by atoms with Crippen molar-refractivity contribution in [2.24, 2.45) is 0 Å². The number of aliphatic hydroxyl groups is 1. The summed E-state index contributed by atoms with van der Waals surface area (Å²) < 4.78 is 11.1. The van der Waals surface area contributed by atoms with Gasteiger partial charge in [0, 0.05) is 18.0 Å². The molecule has 0 fully saturated rings. The van der Waals surface area contributed by atoms with Crippen molar-refractivity contribution in [1.82, 2.24) is 4.98 Å². The number of ether oxygens (including phenoxy) is 2. The number of pyridine rings is 1. The Morgan fingerprint density at radius 1 is 0.962 bits per heavy atom. The van der Waals surface area contributed by atoms with Gasteiger partial charge in [-0.3, -0.25) is 4.98 Å². The lowest BCUT2D eigenvalue weighted by atomic mass is 10.0. The predicted octanol–water partition coefficient (Wildman–Crippen LogP) is 4.13. The molecule has 0 spiro atoms. The number of methoxy groups -OCH3 is 1. The van der Waals surface area contributed by atoms with Crippen molar-refractivity contribution < 1.29 is 14.6 Å². The molecule has 1 atom stereocenters. The van der Waals surface area contributed by atoms with Gasteiger partial charge in [0.1, 0.15) is 18.1 Å². The van der Waals surface area contributed by atoms with Gasteiger partial charge in [0.15, 0.2) is 0 Å². The van der Waals surface area contributed by atoms with E-state index in [9.17, 15) is 5.11 Å². The second-order valence-electron chi connectivity index (χ2n) is 6.08. The van der Waals surface area contributed by atoms with Crippen LogP contribution in [0, 0.1) is 0 Å². The van der Waals surface area contributed by atoms with E-state index in [1.807, 2.05) is 60.7 Å². The van der Waals surface area contributed by atoms with Crippen LogP contribution in [0.15, 0.2) is 73.1 Å². The fourth-order valence-corrected chi connectivity index (χ4v) is 2.77. The average molecular weight is 349 g/mol. The Labute approximate surface area is 154 Å². The molecule has 0 bridgehead atoms. The van der Waals surface area contributed by atoms with Crippen LogP contribution in [0.4, 0.5) is 0 Å². The van der Waals surface area contributed by atoms with E-state index in [4.69, 9.17) is 9.47 Å². The molecule has 0 saturated carbocycles. The fraction of sp³-hybridized carbons (Fsp3) is 0.227. The number of hydrogen-bond acceptors (Lipinski definition) is 4. The molecule has 0 aliphatic heterocycles. The first-order chi connectivity index (χ1) is 12.8. The van der Waals surface area contributed by atoms with E-state index < -0.39 is 6.10 Å². The molecule has 1 unspecified atom stereocenters. The maximum atomic E-state index is 10.1. The van der Waals surface area contributed by atoms with Gasteiger partial charge in [0.2, 0.25) is 0 Å². The zero-order valence-corrected chi connectivity index (χ0v) is 14.8. The summed E-state index contributed by atoms with van der Waals surface area (Å²) in [5, 5.41) is 10.1. The van der Waals surface area contributed by atoms with E-state index in [2.05, 4.69) is 4.98 Å². The Balaban J connectivity index is 1.53. The highest BCUT2D eigenvalue weighted by atomic mass is 16.5. The van der Waals surface area contributed by atoms with Crippen LogP contribution in [-0.4, -0.2) is 29.9 Å². The van der Waals surface area contributed by atoms with Crippen molar-refractivity contribution in [3.8, 4) is 22.6 Å². The van der Waals surface area contributed by atoms with Crippen molar-refractivity contribution >= 4 is 0 Å². The lowest BCUT2D eigenvalue weighted by Crippen LogP contribution is -2.18. The average Bonchev–Trinajstić information content (AvgIpc) is 2.72. The number of benzene rings is 2. The van der Waals surface area contributed by atoms with E-state index in [0.717, 1.165) is 29.0 Å². The Bertz CT molecular complexity index is 803. The molecule has 134 valence electrons. The minimum atomic E-state index is -0.503. The Kier molecular flexibility index (Phi) is 6.23. The van der Waals surface area contributed by atoms with Crippen LogP contribution in [0.3, 0.4) is 0 Å². The minimum absolute atomic E-state index is 0.277. The van der Waals surface area contributed by atoms with Crippen LogP contribution in [-0.2, 0) is 6.42 Å². The molecular formula is C22H23NO3. The summed E-state index contributed by atoms with van der Waals surface area (Å²) in [6, 6.07) is 19.7. The van der Waals surface area contributed by atoms with E-state index in [1.54, 1.807) is 19.5 Å². The molecule has 0 aliphatic carbocycles. The van der Waals surface area contributed by atoms with Crippen molar-refractivity contribution in [3.63, 3.8) is 0 Å². The molecule has 4 heteroatoms. The number of hydrogen-bond donors (Lipinski definition) is 1. The van der Waals surface area contributed by atoms with Crippen LogP contribution in [0.2, 0.25) is 0 Å². The predicted molar refractivity (Wildman–Crippen MR) is 102 cm³/mol. The molecule has 1 aromatic heterocycles. The van der Waals surface area contributed by atoms with E-state index in [0.29, 0.717) is 6.42 Å². The van der Waals surface area contributed by atoms with Gasteiger partial charge in [-0.1, -0.05) is 30.3 Å². The highest BCUT2D eigenvalue weighted by Crippen LogP contribution is 2.30. The molecule has 26 heavy (non-hydrogen) atoms. The Morgan fingerprint density at radius 2 is 1.69 bits per heavy atom. The van der Waals surface area contributed by atoms with Gasteiger partial charge in [-0.05, 0) is 54.3 Å². The monoisotopic (exact) mass is 349 g/mol. The van der Waals surface area contributed by atoms with Gasteiger partial charge < -0.3 is 14.6 Å². The first-order valence-corrected chi connectivity index (χ1v) is 8.69. The van der Waals surface area contributed by atoms with Gasteiger partial charge >= 0.3 is 0 Å². The third-order valence-corrected chi connectivity index (χ3v) is 4.23. The molecule has 0 aliphatic rings. The molecule has 1 N–H and O–H groups in total. The van der Waals surface area contributed by atoms with E-state index >= 15 is 0 Å². The Hall–Kier alpha value is -2.85. The smallest absolute Gasteiger partial charge is 0.126 e. The highest BCUT2D eigenvalue weighted by molar-refractivity contribution is 5.70. The Morgan fingerprint density at radius 3 is 2.42 bits per heavy atom. The number of aryl methyl sites for hydroxylation is 1. The summed E-state index contributed by atoms with van der Waals surface area (Å²) >= 11 is 0. The number of aliphatic hydroxyl groups excluding tert-OH is 1. The third kappa shape index (κ3) is 4.83. The van der Waals surface area contributed by atoms with E-state index in [-0.39, 0.29) is 6.61 Å². The molecule has 2 aromatic carbocycles. The molecule has 0 radical (unpaired) electrons. The summed E-state index contributed by atoms with van der Waals surface area (Å²) in [6.07, 6.45) is 4.49. The largest absolute Gasteiger partial charge is 0.496 e. The van der Waals surface area contributed by atoms with Crippen molar-refractivity contribution in [3.05, 3.63) is 78.6 Å². The summed E-state index contributed by atoms with van der Waals surface area (Å²) in [5.41, 5.74) is 3.27. The van der Waals surface area contributed by atoms with Crippen LogP contribution in [0.1, 0.15) is 12.0 Å². The van der Waals surface area contributed by atoms with Gasteiger partial charge in [-0.25, -0.2) is 0 Å². The molecule has 0 saturated heterocycles. The SMILES string of the molecule is COc1ccccc1-c1ccc(OCC(O)CCc2ccncc2)cc1. The fourth-order valence-electron chi connectivity index (χ4n) is 2.77. The quantitative estimate of drug-likeness (QED) is 0.664. The normalized spacial score (nSPS) is 11.8. The maximum Gasteiger partial charge on any atom is 0.126 e. The first kappa shape index (κ1) is 18.0. The third-order valence-electron chi connectivity index (χ3n) is 4.23. The van der Waals surface area contributed by atoms with E-state index in [1.165, 1.54) is 5.56 Å². The molecule has 3 rings (SSSR count). The first-order valence-electron chi connectivity index (χ1n) is 8.69. The second kappa shape index (κ2) is 9.02. The maximum absolute atomic E-state index is 10.1. The van der Waals surface area contributed by atoms with Crippen molar-refractivity contribution in [2.45, 2.75) is 18.9 Å². The lowest BCUT2D eigenvalue weighted by Gasteiger charge is -2.13. The molecule has 3 aromatic rings. The van der Waals surface area contributed by atoms with Gasteiger partial charge in [-0.2, -0.15) is 0 Å². The lowest BCUT2D eigenvalue weighted by molar-refractivity contribution is 0.100. The van der Waals surface area contributed by atoms with Crippen molar-refractivity contribution in [1.29, 1.82) is 0 Å².